The van der Waals surface area contributed by atoms with Crippen LogP contribution in [-0.2, 0) is 13.6 Å². The van der Waals surface area contributed by atoms with Gasteiger partial charge in [-0.05, 0) is 25.0 Å². The number of hydrogen-bond donors (Lipinski definition) is 0. The van der Waals surface area contributed by atoms with Crippen LogP contribution in [0.1, 0.15) is 25.7 Å². The molecule has 1 aliphatic carbocycles. The van der Waals surface area contributed by atoms with Gasteiger partial charge in [0.15, 0.2) is 0 Å². The second-order valence-corrected chi connectivity index (χ2v) is 6.14. The van der Waals surface area contributed by atoms with E-state index in [1.54, 1.807) is 0 Å². The molecule has 1 aromatic carbocycles. The van der Waals surface area contributed by atoms with Crippen molar-refractivity contribution in [1.82, 2.24) is 0 Å². The van der Waals surface area contributed by atoms with Crippen molar-refractivity contribution in [3.05, 3.63) is 34.4 Å². The largest absolute Gasteiger partial charge is 0.530 e. The van der Waals surface area contributed by atoms with E-state index in [-0.39, 0.29) is 17.5 Å². The molecule has 1 unspecified atom stereocenters. The third-order valence-corrected chi connectivity index (χ3v) is 4.51. The van der Waals surface area contributed by atoms with Crippen molar-refractivity contribution in [1.29, 1.82) is 0 Å². The zero-order valence-corrected chi connectivity index (χ0v) is 12.0. The Morgan fingerprint density at radius 1 is 1.25 bits per heavy atom. The third-order valence-electron chi connectivity index (χ3n) is 3.07. The van der Waals surface area contributed by atoms with E-state index < -0.39 is 12.7 Å². The van der Waals surface area contributed by atoms with Gasteiger partial charge in [-0.15, -0.1) is 0 Å². The summed E-state index contributed by atoms with van der Waals surface area (Å²) in [6.45, 7) is 0. The highest BCUT2D eigenvalue weighted by Crippen LogP contribution is 2.51. The van der Waals surface area contributed by atoms with Gasteiger partial charge in [0.05, 0.1) is 11.0 Å². The second-order valence-electron chi connectivity index (χ2n) is 4.48. The predicted molar refractivity (Wildman–Crippen MR) is 71.7 cm³/mol. The first-order valence-electron chi connectivity index (χ1n) is 6.30. The Kier molecular flexibility index (Phi) is 4.75. The van der Waals surface area contributed by atoms with Crippen molar-refractivity contribution in [2.75, 3.05) is 7.11 Å². The minimum absolute atomic E-state index is 0.0682. The lowest BCUT2D eigenvalue weighted by Gasteiger charge is -2.20. The van der Waals surface area contributed by atoms with Gasteiger partial charge in [-0.2, -0.15) is 0 Å². The molecular formula is C12H16NO6P. The van der Waals surface area contributed by atoms with Crippen LogP contribution in [0.4, 0.5) is 5.69 Å². The number of non-ortho nitro benzene ring substituents is 1. The summed E-state index contributed by atoms with van der Waals surface area (Å²) in [4.78, 5) is 10.0. The van der Waals surface area contributed by atoms with Crippen LogP contribution in [0.2, 0.25) is 0 Å². The first kappa shape index (κ1) is 15.0. The lowest BCUT2D eigenvalue weighted by molar-refractivity contribution is -0.384. The van der Waals surface area contributed by atoms with Crippen LogP contribution in [0.25, 0.3) is 0 Å². The van der Waals surface area contributed by atoms with Crippen LogP contribution < -0.4 is 4.52 Å². The molecule has 1 saturated carbocycles. The van der Waals surface area contributed by atoms with Crippen LogP contribution in [0, 0.1) is 10.1 Å². The molecule has 2 rings (SSSR count). The van der Waals surface area contributed by atoms with Gasteiger partial charge < -0.3 is 4.52 Å². The molecule has 0 spiro atoms. The fraction of sp³-hybridized carbons (Fsp3) is 0.500. The third kappa shape index (κ3) is 3.79. The maximum atomic E-state index is 12.3. The number of phosphoric acid groups is 1. The van der Waals surface area contributed by atoms with Crippen molar-refractivity contribution in [3.63, 3.8) is 0 Å². The van der Waals surface area contributed by atoms with E-state index in [1.807, 2.05) is 0 Å². The van der Waals surface area contributed by atoms with E-state index in [9.17, 15) is 14.7 Å². The minimum atomic E-state index is -3.68. The molecule has 0 aliphatic heterocycles. The summed E-state index contributed by atoms with van der Waals surface area (Å²) >= 11 is 0. The quantitative estimate of drug-likeness (QED) is 0.452. The van der Waals surface area contributed by atoms with Gasteiger partial charge in [0.2, 0.25) is 0 Å². The minimum Gasteiger partial charge on any atom is -0.404 e. The Morgan fingerprint density at radius 2 is 1.85 bits per heavy atom. The number of nitrogens with zero attached hydrogens (tertiary/aromatic N) is 1. The molecule has 20 heavy (non-hydrogen) atoms. The Labute approximate surface area is 116 Å². The smallest absolute Gasteiger partial charge is 0.404 e. The molecule has 0 heterocycles. The number of rotatable bonds is 6. The SMILES string of the molecule is COP(=O)(Oc1ccc([N+](=O)[O-])cc1)OC1CCCC1. The molecule has 0 aromatic heterocycles. The molecule has 110 valence electrons. The normalized spacial score (nSPS) is 18.6. The average Bonchev–Trinajstić information content (AvgIpc) is 2.92. The van der Waals surface area contributed by atoms with E-state index >= 15 is 0 Å². The summed E-state index contributed by atoms with van der Waals surface area (Å²) in [6.07, 6.45) is 3.60. The topological polar surface area (TPSA) is 87.9 Å². The first-order valence-corrected chi connectivity index (χ1v) is 7.77. The number of benzene rings is 1. The van der Waals surface area contributed by atoms with Gasteiger partial charge in [-0.3, -0.25) is 19.2 Å². The van der Waals surface area contributed by atoms with Crippen LogP contribution in [-0.4, -0.2) is 18.1 Å². The highest BCUT2D eigenvalue weighted by atomic mass is 31.2. The lowest BCUT2D eigenvalue weighted by Crippen LogP contribution is -2.09. The highest BCUT2D eigenvalue weighted by Gasteiger charge is 2.32. The Morgan fingerprint density at radius 3 is 2.35 bits per heavy atom. The van der Waals surface area contributed by atoms with Gasteiger partial charge in [0.1, 0.15) is 5.75 Å². The maximum absolute atomic E-state index is 12.3. The molecule has 1 aromatic rings. The zero-order chi connectivity index (χ0) is 14.6. The highest BCUT2D eigenvalue weighted by molar-refractivity contribution is 7.48. The van der Waals surface area contributed by atoms with Crippen molar-refractivity contribution >= 4 is 13.5 Å². The Bertz CT molecular complexity index is 511. The molecule has 0 N–H and O–H groups in total. The predicted octanol–water partition coefficient (Wildman–Crippen LogP) is 3.69. The van der Waals surface area contributed by atoms with Gasteiger partial charge >= 0.3 is 7.82 Å². The Hall–Kier alpha value is -1.43. The first-order chi connectivity index (χ1) is 9.52. The van der Waals surface area contributed by atoms with Crippen molar-refractivity contribution in [3.8, 4) is 5.75 Å². The summed E-state index contributed by atoms with van der Waals surface area (Å²) in [6, 6.07) is 5.26. The van der Waals surface area contributed by atoms with E-state index in [0.717, 1.165) is 25.7 Å². The van der Waals surface area contributed by atoms with Crippen LogP contribution >= 0.6 is 7.82 Å². The summed E-state index contributed by atoms with van der Waals surface area (Å²) < 4.78 is 27.8. The zero-order valence-electron chi connectivity index (χ0n) is 11.1. The number of nitro groups is 1. The summed E-state index contributed by atoms with van der Waals surface area (Å²) in [5.74, 6) is 0.207. The van der Waals surface area contributed by atoms with Gasteiger partial charge in [0, 0.05) is 19.2 Å². The average molecular weight is 301 g/mol. The Balaban J connectivity index is 2.04. The molecule has 1 aliphatic rings. The molecule has 0 bridgehead atoms. The molecule has 1 fully saturated rings. The standard InChI is InChI=1S/C12H16NO6P/c1-17-20(16,18-11-4-2-3-5-11)19-12-8-6-10(7-9-12)13(14)15/h6-9,11H,2-5H2,1H3. The van der Waals surface area contributed by atoms with Gasteiger partial charge in [-0.1, -0.05) is 12.8 Å². The summed E-state index contributed by atoms with van der Waals surface area (Å²) in [7, 11) is -2.43. The van der Waals surface area contributed by atoms with Gasteiger partial charge in [-0.25, -0.2) is 4.57 Å². The van der Waals surface area contributed by atoms with E-state index in [2.05, 4.69) is 0 Å². The molecular weight excluding hydrogens is 285 g/mol. The van der Waals surface area contributed by atoms with Crippen molar-refractivity contribution in [2.24, 2.45) is 0 Å². The monoisotopic (exact) mass is 301 g/mol. The van der Waals surface area contributed by atoms with E-state index in [1.165, 1.54) is 31.4 Å². The lowest BCUT2D eigenvalue weighted by atomic mass is 10.3. The molecule has 0 amide bonds. The molecule has 0 saturated heterocycles. The fourth-order valence-corrected chi connectivity index (χ4v) is 3.20. The molecule has 0 radical (unpaired) electrons. The van der Waals surface area contributed by atoms with Crippen LogP contribution in [0.3, 0.4) is 0 Å². The van der Waals surface area contributed by atoms with Crippen molar-refractivity contribution < 1.29 is 23.1 Å². The maximum Gasteiger partial charge on any atom is 0.530 e. The second kappa shape index (κ2) is 6.35. The fourth-order valence-electron chi connectivity index (χ4n) is 2.04. The molecule has 7 nitrogen and oxygen atoms in total. The molecule has 8 heteroatoms. The van der Waals surface area contributed by atoms with E-state index in [4.69, 9.17) is 13.6 Å². The number of hydrogen-bond acceptors (Lipinski definition) is 6. The summed E-state index contributed by atoms with van der Waals surface area (Å²) in [5.41, 5.74) is -0.0682. The summed E-state index contributed by atoms with van der Waals surface area (Å²) in [5, 5.41) is 10.5. The van der Waals surface area contributed by atoms with E-state index in [0.29, 0.717) is 0 Å². The number of phosphoric ester groups is 1. The van der Waals surface area contributed by atoms with Crippen LogP contribution in [0.15, 0.2) is 24.3 Å². The molecule has 1 atom stereocenters. The number of nitro benzene ring substituents is 1. The van der Waals surface area contributed by atoms with Crippen LogP contribution in [0.5, 0.6) is 5.75 Å². The van der Waals surface area contributed by atoms with Gasteiger partial charge in [0.25, 0.3) is 5.69 Å². The van der Waals surface area contributed by atoms with Crippen molar-refractivity contribution in [2.45, 2.75) is 31.8 Å².